The normalized spacial score (nSPS) is 17.9. The molecule has 2 heterocycles. The molecule has 2 rings (SSSR count). The summed E-state index contributed by atoms with van der Waals surface area (Å²) in [5.74, 6) is 0.678. The van der Waals surface area contributed by atoms with Crippen LogP contribution in [0.25, 0.3) is 0 Å². The Morgan fingerprint density at radius 1 is 1.60 bits per heavy atom. The zero-order valence-electron chi connectivity index (χ0n) is 12.0. The summed E-state index contributed by atoms with van der Waals surface area (Å²) in [4.78, 5) is 11.8. The SMILES string of the molecule is Cn1cc(C(O)CNC(=O)CCC2CCNCC2)cn1. The van der Waals surface area contributed by atoms with Crippen LogP contribution in [0.2, 0.25) is 0 Å². The number of aliphatic hydroxyl groups excluding tert-OH is 1. The molecule has 0 spiro atoms. The van der Waals surface area contributed by atoms with Gasteiger partial charge in [-0.25, -0.2) is 0 Å². The van der Waals surface area contributed by atoms with E-state index in [0.717, 1.165) is 37.9 Å². The van der Waals surface area contributed by atoms with Gasteiger partial charge in [-0.3, -0.25) is 9.48 Å². The maximum Gasteiger partial charge on any atom is 0.220 e. The van der Waals surface area contributed by atoms with E-state index in [1.165, 1.54) is 0 Å². The van der Waals surface area contributed by atoms with Crippen LogP contribution in [-0.4, -0.2) is 40.4 Å². The van der Waals surface area contributed by atoms with Crippen molar-refractivity contribution in [3.05, 3.63) is 18.0 Å². The van der Waals surface area contributed by atoms with Crippen LogP contribution in [0, 0.1) is 5.92 Å². The first-order valence-corrected chi connectivity index (χ1v) is 7.29. The molecule has 3 N–H and O–H groups in total. The second-order valence-corrected chi connectivity index (χ2v) is 5.50. The maximum atomic E-state index is 11.8. The predicted molar refractivity (Wildman–Crippen MR) is 76.0 cm³/mol. The minimum Gasteiger partial charge on any atom is -0.386 e. The molecular formula is C14H24N4O2. The number of aromatic nitrogens is 2. The van der Waals surface area contributed by atoms with Gasteiger partial charge in [0.1, 0.15) is 0 Å². The number of amides is 1. The Kier molecular flexibility index (Phi) is 5.55. The van der Waals surface area contributed by atoms with Crippen molar-refractivity contribution < 1.29 is 9.90 Å². The molecule has 1 aliphatic heterocycles. The van der Waals surface area contributed by atoms with Gasteiger partial charge in [-0.05, 0) is 38.3 Å². The summed E-state index contributed by atoms with van der Waals surface area (Å²) >= 11 is 0. The molecule has 0 aliphatic carbocycles. The minimum absolute atomic E-state index is 0.0199. The summed E-state index contributed by atoms with van der Waals surface area (Å²) in [5.41, 5.74) is 0.728. The van der Waals surface area contributed by atoms with E-state index in [0.29, 0.717) is 12.3 Å². The third-order valence-electron chi connectivity index (χ3n) is 3.84. The predicted octanol–water partition coefficient (Wildman–Crippen LogP) is 0.349. The largest absolute Gasteiger partial charge is 0.386 e. The molecule has 20 heavy (non-hydrogen) atoms. The Morgan fingerprint density at radius 2 is 2.35 bits per heavy atom. The zero-order chi connectivity index (χ0) is 14.4. The number of carbonyl (C=O) groups excluding carboxylic acids is 1. The molecule has 1 saturated heterocycles. The smallest absolute Gasteiger partial charge is 0.220 e. The van der Waals surface area contributed by atoms with E-state index in [4.69, 9.17) is 0 Å². The maximum absolute atomic E-state index is 11.8. The van der Waals surface area contributed by atoms with Gasteiger partial charge in [0.15, 0.2) is 0 Å². The standard InChI is InChI=1S/C14H24N4O2/c1-18-10-12(8-17-18)13(19)9-16-14(20)3-2-11-4-6-15-7-5-11/h8,10-11,13,15,19H,2-7,9H2,1H3,(H,16,20). The molecule has 1 aromatic rings. The second-order valence-electron chi connectivity index (χ2n) is 5.50. The highest BCUT2D eigenvalue weighted by Gasteiger charge is 2.15. The molecule has 0 saturated carbocycles. The van der Waals surface area contributed by atoms with E-state index in [-0.39, 0.29) is 12.5 Å². The molecule has 0 bridgehead atoms. The fourth-order valence-corrected chi connectivity index (χ4v) is 2.53. The Bertz CT molecular complexity index is 427. The molecule has 1 fully saturated rings. The molecule has 112 valence electrons. The van der Waals surface area contributed by atoms with Gasteiger partial charge in [-0.1, -0.05) is 0 Å². The van der Waals surface area contributed by atoms with Crippen LogP contribution in [0.15, 0.2) is 12.4 Å². The first-order valence-electron chi connectivity index (χ1n) is 7.29. The number of piperidine rings is 1. The molecule has 0 radical (unpaired) electrons. The van der Waals surface area contributed by atoms with Gasteiger partial charge >= 0.3 is 0 Å². The van der Waals surface area contributed by atoms with Crippen molar-refractivity contribution in [1.29, 1.82) is 0 Å². The summed E-state index contributed by atoms with van der Waals surface area (Å²) < 4.78 is 1.64. The summed E-state index contributed by atoms with van der Waals surface area (Å²) in [7, 11) is 1.80. The van der Waals surface area contributed by atoms with Crippen LogP contribution < -0.4 is 10.6 Å². The Labute approximate surface area is 119 Å². The zero-order valence-corrected chi connectivity index (χ0v) is 12.0. The van der Waals surface area contributed by atoms with E-state index >= 15 is 0 Å². The van der Waals surface area contributed by atoms with Crippen molar-refractivity contribution in [3.63, 3.8) is 0 Å². The van der Waals surface area contributed by atoms with Crippen LogP contribution in [0.4, 0.5) is 0 Å². The van der Waals surface area contributed by atoms with Gasteiger partial charge in [-0.15, -0.1) is 0 Å². The highest BCUT2D eigenvalue weighted by Crippen LogP contribution is 2.17. The number of hydrogen-bond donors (Lipinski definition) is 3. The van der Waals surface area contributed by atoms with Gasteiger partial charge in [0.25, 0.3) is 0 Å². The van der Waals surface area contributed by atoms with Crippen molar-refractivity contribution in [3.8, 4) is 0 Å². The first-order chi connectivity index (χ1) is 9.65. The Hall–Kier alpha value is -1.40. The van der Waals surface area contributed by atoms with Crippen LogP contribution in [0.5, 0.6) is 0 Å². The number of nitrogens with one attached hydrogen (secondary N) is 2. The highest BCUT2D eigenvalue weighted by atomic mass is 16.3. The fourth-order valence-electron chi connectivity index (χ4n) is 2.53. The lowest BCUT2D eigenvalue weighted by atomic mass is 9.93. The average molecular weight is 280 g/mol. The third-order valence-corrected chi connectivity index (χ3v) is 3.84. The number of aryl methyl sites for hydroxylation is 1. The van der Waals surface area contributed by atoms with Gasteiger partial charge in [-0.2, -0.15) is 5.10 Å². The lowest BCUT2D eigenvalue weighted by Gasteiger charge is -2.22. The Morgan fingerprint density at radius 3 is 3.00 bits per heavy atom. The number of carbonyl (C=O) groups is 1. The molecule has 1 atom stereocenters. The first kappa shape index (κ1) is 15.0. The Balaban J connectivity index is 1.64. The quantitative estimate of drug-likeness (QED) is 0.702. The van der Waals surface area contributed by atoms with Crippen molar-refractivity contribution in [2.24, 2.45) is 13.0 Å². The van der Waals surface area contributed by atoms with E-state index in [9.17, 15) is 9.90 Å². The van der Waals surface area contributed by atoms with Gasteiger partial charge in [0.05, 0.1) is 12.3 Å². The molecule has 1 aromatic heterocycles. The third kappa shape index (κ3) is 4.61. The van der Waals surface area contributed by atoms with Crippen LogP contribution in [-0.2, 0) is 11.8 Å². The monoisotopic (exact) mass is 280 g/mol. The molecule has 6 nitrogen and oxygen atoms in total. The van der Waals surface area contributed by atoms with Crippen molar-refractivity contribution in [2.45, 2.75) is 31.8 Å². The number of aliphatic hydroxyl groups is 1. The van der Waals surface area contributed by atoms with Gasteiger partial charge in [0, 0.05) is 31.8 Å². The van der Waals surface area contributed by atoms with Gasteiger partial charge in [0.2, 0.25) is 5.91 Å². The molecule has 0 aromatic carbocycles. The molecular weight excluding hydrogens is 256 g/mol. The topological polar surface area (TPSA) is 79.2 Å². The lowest BCUT2D eigenvalue weighted by molar-refractivity contribution is -0.121. The number of rotatable bonds is 6. The average Bonchev–Trinajstić information content (AvgIpc) is 2.90. The highest BCUT2D eigenvalue weighted by molar-refractivity contribution is 5.75. The number of nitrogens with zero attached hydrogens (tertiary/aromatic N) is 2. The van der Waals surface area contributed by atoms with E-state index in [1.54, 1.807) is 24.1 Å². The lowest BCUT2D eigenvalue weighted by Crippen LogP contribution is -2.31. The summed E-state index contributed by atoms with van der Waals surface area (Å²) in [6, 6.07) is 0. The molecule has 1 amide bonds. The van der Waals surface area contributed by atoms with Gasteiger partial charge < -0.3 is 15.7 Å². The van der Waals surface area contributed by atoms with Crippen molar-refractivity contribution in [1.82, 2.24) is 20.4 Å². The van der Waals surface area contributed by atoms with Crippen LogP contribution in [0.1, 0.15) is 37.4 Å². The van der Waals surface area contributed by atoms with Crippen molar-refractivity contribution in [2.75, 3.05) is 19.6 Å². The van der Waals surface area contributed by atoms with Crippen molar-refractivity contribution >= 4 is 5.91 Å². The van der Waals surface area contributed by atoms with E-state index < -0.39 is 6.10 Å². The second kappa shape index (κ2) is 7.40. The summed E-state index contributed by atoms with van der Waals surface area (Å²) in [6.07, 6.45) is 6.49. The van der Waals surface area contributed by atoms with E-state index in [2.05, 4.69) is 15.7 Å². The molecule has 6 heteroatoms. The number of hydrogen-bond acceptors (Lipinski definition) is 4. The van der Waals surface area contributed by atoms with Crippen LogP contribution in [0.3, 0.4) is 0 Å². The van der Waals surface area contributed by atoms with Crippen LogP contribution >= 0.6 is 0 Å². The van der Waals surface area contributed by atoms with E-state index in [1.807, 2.05) is 0 Å². The summed E-state index contributed by atoms with van der Waals surface area (Å²) in [6.45, 7) is 2.37. The molecule has 1 unspecified atom stereocenters. The summed E-state index contributed by atoms with van der Waals surface area (Å²) in [5, 5.41) is 20.0. The molecule has 1 aliphatic rings. The fraction of sp³-hybridized carbons (Fsp3) is 0.714. The minimum atomic E-state index is -0.688.